The highest BCUT2D eigenvalue weighted by Crippen LogP contribution is 2.33. The van der Waals surface area contributed by atoms with E-state index in [-0.39, 0.29) is 0 Å². The molecule has 0 saturated carbocycles. The fourth-order valence-corrected chi connectivity index (χ4v) is 3.11. The van der Waals surface area contributed by atoms with Gasteiger partial charge in [0.15, 0.2) is 5.15 Å². The van der Waals surface area contributed by atoms with Gasteiger partial charge in [-0.3, -0.25) is 0 Å². The first kappa shape index (κ1) is 12.6. The van der Waals surface area contributed by atoms with Crippen LogP contribution in [0.4, 0.5) is 5.00 Å². The monoisotopic (exact) mass is 271 g/mol. The highest BCUT2D eigenvalue weighted by Gasteiger charge is 2.24. The van der Waals surface area contributed by atoms with Crippen molar-refractivity contribution in [3.8, 4) is 6.07 Å². The predicted molar refractivity (Wildman–Crippen MR) is 68.7 cm³/mol. The molecule has 0 aromatic carbocycles. The Balaban J connectivity index is 2.03. The Bertz CT molecular complexity index is 421. The first-order chi connectivity index (χ1) is 8.26. The number of nitrogens with zero attached hydrogens (tertiary/aromatic N) is 3. The molecule has 2 rings (SSSR count). The summed E-state index contributed by atoms with van der Waals surface area (Å²) in [5.41, 5.74) is 0.506. The highest BCUT2D eigenvalue weighted by atomic mass is 35.5. The van der Waals surface area contributed by atoms with Gasteiger partial charge in [-0.15, -0.1) is 0 Å². The molecule has 0 radical (unpaired) electrons. The van der Waals surface area contributed by atoms with Crippen molar-refractivity contribution in [2.75, 3.05) is 24.6 Å². The van der Waals surface area contributed by atoms with E-state index in [1.54, 1.807) is 0 Å². The van der Waals surface area contributed by atoms with Crippen molar-refractivity contribution in [1.29, 1.82) is 5.26 Å². The Morgan fingerprint density at radius 2 is 2.29 bits per heavy atom. The second-order valence-electron chi connectivity index (χ2n) is 3.91. The Kier molecular flexibility index (Phi) is 4.21. The summed E-state index contributed by atoms with van der Waals surface area (Å²) >= 11 is 7.17. The molecule has 0 amide bonds. The lowest BCUT2D eigenvalue weighted by Gasteiger charge is -2.32. The van der Waals surface area contributed by atoms with Crippen LogP contribution in [0.15, 0.2) is 0 Å². The average molecular weight is 272 g/mol. The zero-order chi connectivity index (χ0) is 12.3. The van der Waals surface area contributed by atoms with Crippen LogP contribution >= 0.6 is 23.1 Å². The molecule has 0 bridgehead atoms. The lowest BCUT2D eigenvalue weighted by molar-refractivity contribution is 0.0460. The van der Waals surface area contributed by atoms with Crippen LogP contribution in [0.2, 0.25) is 5.15 Å². The Morgan fingerprint density at radius 1 is 1.59 bits per heavy atom. The summed E-state index contributed by atoms with van der Waals surface area (Å²) in [7, 11) is 0. The van der Waals surface area contributed by atoms with Gasteiger partial charge in [-0.2, -0.15) is 9.64 Å². The Morgan fingerprint density at radius 3 is 2.88 bits per heavy atom. The zero-order valence-corrected chi connectivity index (χ0v) is 11.2. The van der Waals surface area contributed by atoms with Crippen LogP contribution in [0.3, 0.4) is 0 Å². The number of aromatic nitrogens is 1. The molecule has 1 aromatic rings. The summed E-state index contributed by atoms with van der Waals surface area (Å²) in [4.78, 5) is 2.18. The van der Waals surface area contributed by atoms with E-state index in [9.17, 15) is 0 Å². The number of piperidine rings is 1. The fraction of sp³-hybridized carbons (Fsp3) is 0.636. The molecule has 1 saturated heterocycles. The largest absolute Gasteiger partial charge is 0.378 e. The fourth-order valence-electron chi connectivity index (χ4n) is 2.03. The molecule has 0 spiro atoms. The molecule has 4 nitrogen and oxygen atoms in total. The SMILES string of the molecule is CCOC1CCN(c2snc(Cl)c2C#N)CC1. The molecule has 1 aliphatic rings. The third kappa shape index (κ3) is 2.71. The lowest BCUT2D eigenvalue weighted by Crippen LogP contribution is -2.36. The maximum absolute atomic E-state index is 9.04. The van der Waals surface area contributed by atoms with Crippen LogP contribution in [0, 0.1) is 11.3 Å². The standard InChI is InChI=1S/C11H14ClN3OS/c1-2-16-8-3-5-15(6-4-8)11-9(7-13)10(12)14-17-11/h8H,2-6H2,1H3. The first-order valence-corrected chi connectivity index (χ1v) is 6.83. The molecule has 0 atom stereocenters. The molecule has 17 heavy (non-hydrogen) atoms. The van der Waals surface area contributed by atoms with E-state index in [1.165, 1.54) is 11.5 Å². The minimum absolute atomic E-state index is 0.319. The second kappa shape index (κ2) is 5.67. The normalized spacial score (nSPS) is 17.1. The molecule has 92 valence electrons. The summed E-state index contributed by atoms with van der Waals surface area (Å²) < 4.78 is 9.63. The predicted octanol–water partition coefficient (Wildman–Crippen LogP) is 2.67. The number of hydrogen-bond acceptors (Lipinski definition) is 5. The quantitative estimate of drug-likeness (QED) is 0.848. The van der Waals surface area contributed by atoms with Crippen molar-refractivity contribution >= 4 is 28.1 Å². The maximum Gasteiger partial charge on any atom is 0.162 e. The van der Waals surface area contributed by atoms with Gasteiger partial charge in [-0.05, 0) is 31.3 Å². The van der Waals surface area contributed by atoms with Crippen LogP contribution < -0.4 is 4.90 Å². The van der Waals surface area contributed by atoms with E-state index in [2.05, 4.69) is 15.3 Å². The van der Waals surface area contributed by atoms with Gasteiger partial charge in [0.05, 0.1) is 6.10 Å². The molecule has 1 aliphatic heterocycles. The Hall–Kier alpha value is -0.830. The minimum Gasteiger partial charge on any atom is -0.378 e. The molecule has 6 heteroatoms. The lowest BCUT2D eigenvalue weighted by atomic mass is 10.1. The van der Waals surface area contributed by atoms with Gasteiger partial charge in [-0.1, -0.05) is 11.6 Å². The summed E-state index contributed by atoms with van der Waals surface area (Å²) in [5, 5.41) is 10.3. The summed E-state index contributed by atoms with van der Waals surface area (Å²) in [6, 6.07) is 2.12. The van der Waals surface area contributed by atoms with Gasteiger partial charge < -0.3 is 9.64 Å². The van der Waals surface area contributed by atoms with Gasteiger partial charge in [-0.25, -0.2) is 0 Å². The maximum atomic E-state index is 9.04. The van der Waals surface area contributed by atoms with E-state index >= 15 is 0 Å². The van der Waals surface area contributed by atoms with Crippen LogP contribution in [-0.2, 0) is 4.74 Å². The van der Waals surface area contributed by atoms with Crippen LogP contribution in [-0.4, -0.2) is 30.2 Å². The number of nitriles is 1. The highest BCUT2D eigenvalue weighted by molar-refractivity contribution is 7.10. The molecule has 0 unspecified atom stereocenters. The minimum atomic E-state index is 0.319. The number of anilines is 1. The second-order valence-corrected chi connectivity index (χ2v) is 5.02. The summed E-state index contributed by atoms with van der Waals surface area (Å²) in [5.74, 6) is 0. The van der Waals surface area contributed by atoms with E-state index in [0.29, 0.717) is 16.8 Å². The van der Waals surface area contributed by atoms with Crippen LogP contribution in [0.1, 0.15) is 25.3 Å². The van der Waals surface area contributed by atoms with E-state index in [4.69, 9.17) is 21.6 Å². The van der Waals surface area contributed by atoms with Gasteiger partial charge in [0.25, 0.3) is 0 Å². The smallest absolute Gasteiger partial charge is 0.162 e. The summed E-state index contributed by atoms with van der Waals surface area (Å²) in [6.07, 6.45) is 2.34. The molecular weight excluding hydrogens is 258 g/mol. The van der Waals surface area contributed by atoms with Crippen molar-refractivity contribution in [2.24, 2.45) is 0 Å². The third-order valence-electron chi connectivity index (χ3n) is 2.88. The van der Waals surface area contributed by atoms with Crippen molar-refractivity contribution in [3.63, 3.8) is 0 Å². The van der Waals surface area contributed by atoms with Crippen molar-refractivity contribution in [3.05, 3.63) is 10.7 Å². The molecule has 2 heterocycles. The number of hydrogen-bond donors (Lipinski definition) is 0. The van der Waals surface area contributed by atoms with Gasteiger partial charge in [0.1, 0.15) is 16.6 Å². The van der Waals surface area contributed by atoms with Gasteiger partial charge in [0, 0.05) is 19.7 Å². The average Bonchev–Trinajstić information content (AvgIpc) is 2.72. The van der Waals surface area contributed by atoms with Gasteiger partial charge >= 0.3 is 0 Å². The molecule has 0 aliphatic carbocycles. The van der Waals surface area contributed by atoms with Crippen molar-refractivity contribution < 1.29 is 4.74 Å². The Labute approximate surface area is 110 Å². The van der Waals surface area contributed by atoms with E-state index < -0.39 is 0 Å². The zero-order valence-electron chi connectivity index (χ0n) is 9.65. The summed E-state index contributed by atoms with van der Waals surface area (Å²) in [6.45, 7) is 4.58. The van der Waals surface area contributed by atoms with E-state index in [1.807, 2.05) is 6.92 Å². The molecule has 1 fully saturated rings. The van der Waals surface area contributed by atoms with Crippen LogP contribution in [0.25, 0.3) is 0 Å². The van der Waals surface area contributed by atoms with Crippen LogP contribution in [0.5, 0.6) is 0 Å². The van der Waals surface area contributed by atoms with Gasteiger partial charge in [0.2, 0.25) is 0 Å². The number of halogens is 1. The van der Waals surface area contributed by atoms with E-state index in [0.717, 1.165) is 37.5 Å². The topological polar surface area (TPSA) is 49.1 Å². The molecule has 0 N–H and O–H groups in total. The molecular formula is C11H14ClN3OS. The number of rotatable bonds is 3. The number of ether oxygens (including phenoxy) is 1. The first-order valence-electron chi connectivity index (χ1n) is 5.68. The molecule has 1 aromatic heterocycles. The van der Waals surface area contributed by atoms with Crippen molar-refractivity contribution in [2.45, 2.75) is 25.9 Å². The van der Waals surface area contributed by atoms with Crippen molar-refractivity contribution in [1.82, 2.24) is 4.37 Å². The third-order valence-corrected chi connectivity index (χ3v) is 4.16.